The van der Waals surface area contributed by atoms with Crippen molar-refractivity contribution >= 4 is 33.6 Å². The summed E-state index contributed by atoms with van der Waals surface area (Å²) in [5, 5.41) is 5.19. The summed E-state index contributed by atoms with van der Waals surface area (Å²) in [6.45, 7) is 1.02. The zero-order valence-electron chi connectivity index (χ0n) is 19.4. The van der Waals surface area contributed by atoms with Crippen molar-refractivity contribution in [1.82, 2.24) is 14.5 Å². The van der Waals surface area contributed by atoms with Crippen LogP contribution in [0.1, 0.15) is 12.5 Å². The Bertz CT molecular complexity index is 1230. The molecule has 1 fully saturated rings. The van der Waals surface area contributed by atoms with E-state index in [-0.39, 0.29) is 4.90 Å². The van der Waals surface area contributed by atoms with Gasteiger partial charge in [-0.25, -0.2) is 17.5 Å². The third kappa shape index (κ3) is 4.54. The van der Waals surface area contributed by atoms with E-state index in [1.54, 1.807) is 18.2 Å². The lowest BCUT2D eigenvalue weighted by Gasteiger charge is -2.23. The van der Waals surface area contributed by atoms with Crippen LogP contribution in [0, 0.1) is 0 Å². The molecule has 11 nitrogen and oxygen atoms in total. The Hall–Kier alpha value is -3.64. The number of hydrogen-bond acceptors (Lipinski definition) is 7. The topological polar surface area (TPSA) is 134 Å². The van der Waals surface area contributed by atoms with Crippen LogP contribution in [0.2, 0.25) is 0 Å². The first-order chi connectivity index (χ1) is 15.9. The molecule has 0 spiro atoms. The van der Waals surface area contributed by atoms with Crippen LogP contribution in [-0.4, -0.2) is 70.3 Å². The van der Waals surface area contributed by atoms with Gasteiger partial charge in [-0.15, -0.1) is 0 Å². The fourth-order valence-corrected chi connectivity index (χ4v) is 4.35. The lowest BCUT2D eigenvalue weighted by atomic mass is 9.91. The van der Waals surface area contributed by atoms with Crippen LogP contribution < -0.4 is 20.1 Å². The van der Waals surface area contributed by atoms with Gasteiger partial charge in [0.25, 0.3) is 5.91 Å². The molecule has 0 aliphatic carbocycles. The molecule has 12 heteroatoms. The van der Waals surface area contributed by atoms with Crippen LogP contribution in [0.5, 0.6) is 11.5 Å². The van der Waals surface area contributed by atoms with E-state index >= 15 is 0 Å². The third-order valence-corrected chi connectivity index (χ3v) is 7.28. The molecule has 0 unspecified atom stereocenters. The molecule has 1 aliphatic rings. The van der Waals surface area contributed by atoms with Gasteiger partial charge in [-0.1, -0.05) is 6.07 Å². The Morgan fingerprint density at radius 1 is 1.06 bits per heavy atom. The zero-order chi connectivity index (χ0) is 25.3. The summed E-state index contributed by atoms with van der Waals surface area (Å²) in [5.74, 6) is -0.373. The lowest BCUT2D eigenvalue weighted by molar-refractivity contribution is -0.133. The van der Waals surface area contributed by atoms with Crippen LogP contribution in [0.3, 0.4) is 0 Å². The van der Waals surface area contributed by atoms with Gasteiger partial charge in [-0.2, -0.15) is 0 Å². The van der Waals surface area contributed by atoms with Gasteiger partial charge in [0.05, 0.1) is 19.1 Å². The highest BCUT2D eigenvalue weighted by Gasteiger charge is 2.49. The minimum Gasteiger partial charge on any atom is -0.493 e. The largest absolute Gasteiger partial charge is 0.493 e. The fourth-order valence-electron chi connectivity index (χ4n) is 3.45. The number of rotatable bonds is 8. The molecule has 1 heterocycles. The maximum Gasteiger partial charge on any atom is 0.325 e. The second kappa shape index (κ2) is 9.31. The van der Waals surface area contributed by atoms with Gasteiger partial charge >= 0.3 is 6.03 Å². The molecule has 34 heavy (non-hydrogen) atoms. The summed E-state index contributed by atoms with van der Waals surface area (Å²) < 4.78 is 35.9. The van der Waals surface area contributed by atoms with E-state index in [2.05, 4.69) is 10.6 Å². The molecule has 0 radical (unpaired) electrons. The van der Waals surface area contributed by atoms with Crippen molar-refractivity contribution in [2.45, 2.75) is 17.4 Å². The number of ether oxygens (including phenoxy) is 2. The first-order valence-corrected chi connectivity index (χ1v) is 11.6. The number of carbonyl (C=O) groups excluding carboxylic acids is 3. The molecule has 0 saturated carbocycles. The van der Waals surface area contributed by atoms with Gasteiger partial charge in [0.2, 0.25) is 15.9 Å². The number of urea groups is 1. The molecular weight excluding hydrogens is 464 g/mol. The van der Waals surface area contributed by atoms with Crippen LogP contribution in [-0.2, 0) is 25.2 Å². The highest BCUT2D eigenvalue weighted by molar-refractivity contribution is 7.89. The fraction of sp³-hybridized carbons (Fsp3) is 0.318. The van der Waals surface area contributed by atoms with Crippen molar-refractivity contribution in [3.05, 3.63) is 48.0 Å². The Kier molecular flexibility index (Phi) is 6.84. The van der Waals surface area contributed by atoms with Crippen molar-refractivity contribution < 1.29 is 32.3 Å². The third-order valence-electron chi connectivity index (χ3n) is 5.45. The number of methoxy groups -OCH3 is 2. The predicted octanol–water partition coefficient (Wildman–Crippen LogP) is 1.36. The van der Waals surface area contributed by atoms with Crippen LogP contribution in [0.25, 0.3) is 0 Å². The van der Waals surface area contributed by atoms with E-state index in [1.807, 2.05) is 0 Å². The second-order valence-corrected chi connectivity index (χ2v) is 10.0. The number of anilines is 1. The van der Waals surface area contributed by atoms with Gasteiger partial charge in [0.1, 0.15) is 12.1 Å². The first kappa shape index (κ1) is 25.0. The summed E-state index contributed by atoms with van der Waals surface area (Å²) in [6.07, 6.45) is 0. The minimum atomic E-state index is -3.61. The Morgan fingerprint density at radius 2 is 1.68 bits per heavy atom. The van der Waals surface area contributed by atoms with E-state index in [0.717, 1.165) is 9.21 Å². The highest BCUT2D eigenvalue weighted by atomic mass is 32.2. The SMILES string of the molecule is COc1ccc([C@]2(C)NC(=O)N(CC(=O)Nc3ccc(S(=O)(=O)N(C)C)cc3)C2=O)cc1OC. The van der Waals surface area contributed by atoms with E-state index < -0.39 is 40.0 Å². The predicted molar refractivity (Wildman–Crippen MR) is 123 cm³/mol. The number of imide groups is 1. The molecular formula is C22H26N4O7S. The molecule has 0 aromatic heterocycles. The monoisotopic (exact) mass is 490 g/mol. The van der Waals surface area contributed by atoms with Crippen LogP contribution >= 0.6 is 0 Å². The molecule has 182 valence electrons. The smallest absolute Gasteiger partial charge is 0.325 e. The Morgan fingerprint density at radius 3 is 2.24 bits per heavy atom. The number of carbonyl (C=O) groups is 3. The van der Waals surface area contributed by atoms with E-state index in [9.17, 15) is 22.8 Å². The summed E-state index contributed by atoms with van der Waals surface area (Å²) in [5.41, 5.74) is -0.624. The molecule has 1 saturated heterocycles. The summed E-state index contributed by atoms with van der Waals surface area (Å²) in [7, 11) is 2.16. The van der Waals surface area contributed by atoms with Crippen molar-refractivity contribution in [1.29, 1.82) is 0 Å². The van der Waals surface area contributed by atoms with Crippen molar-refractivity contribution in [3.8, 4) is 11.5 Å². The molecule has 1 atom stereocenters. The zero-order valence-corrected chi connectivity index (χ0v) is 20.2. The normalized spacial score (nSPS) is 18.1. The summed E-state index contributed by atoms with van der Waals surface area (Å²) in [6, 6.07) is 9.68. The average Bonchev–Trinajstić information content (AvgIpc) is 3.02. The van der Waals surface area contributed by atoms with Crippen molar-refractivity contribution in [2.75, 3.05) is 40.2 Å². The molecule has 2 aromatic carbocycles. The maximum atomic E-state index is 13.1. The molecule has 1 aliphatic heterocycles. The highest BCUT2D eigenvalue weighted by Crippen LogP contribution is 2.35. The maximum absolute atomic E-state index is 13.1. The molecule has 4 amide bonds. The summed E-state index contributed by atoms with van der Waals surface area (Å²) in [4.78, 5) is 39.1. The second-order valence-electron chi connectivity index (χ2n) is 7.88. The lowest BCUT2D eigenvalue weighted by Crippen LogP contribution is -2.42. The average molecular weight is 491 g/mol. The number of nitrogens with one attached hydrogen (secondary N) is 2. The van der Waals surface area contributed by atoms with Gasteiger partial charge < -0.3 is 20.1 Å². The van der Waals surface area contributed by atoms with Gasteiger partial charge in [-0.05, 0) is 48.9 Å². The van der Waals surface area contributed by atoms with Gasteiger partial charge in [0.15, 0.2) is 11.5 Å². The van der Waals surface area contributed by atoms with Gasteiger partial charge in [-0.3, -0.25) is 14.5 Å². The first-order valence-electron chi connectivity index (χ1n) is 10.1. The summed E-state index contributed by atoms with van der Waals surface area (Å²) >= 11 is 0. The standard InChI is InChI=1S/C22H26N4O7S/c1-22(14-6-11-17(32-4)18(12-14)33-5)20(28)26(21(29)24-22)13-19(27)23-15-7-9-16(10-8-15)34(30,31)25(2)3/h6-12H,13H2,1-5H3,(H,23,27)(H,24,29)/t22-/m0/s1. The van der Waals surface area contributed by atoms with Crippen LogP contribution in [0.4, 0.5) is 10.5 Å². The number of sulfonamides is 1. The Labute approximate surface area is 197 Å². The quantitative estimate of drug-likeness (QED) is 0.534. The number of hydrogen-bond donors (Lipinski definition) is 2. The van der Waals surface area contributed by atoms with Crippen molar-refractivity contribution in [3.63, 3.8) is 0 Å². The van der Waals surface area contributed by atoms with E-state index in [1.165, 1.54) is 59.5 Å². The Balaban J connectivity index is 1.73. The molecule has 3 rings (SSSR count). The van der Waals surface area contributed by atoms with E-state index in [0.29, 0.717) is 22.7 Å². The molecule has 0 bridgehead atoms. The molecule has 2 aromatic rings. The van der Waals surface area contributed by atoms with Crippen molar-refractivity contribution in [2.24, 2.45) is 0 Å². The number of benzene rings is 2. The number of amides is 4. The van der Waals surface area contributed by atoms with Crippen LogP contribution in [0.15, 0.2) is 47.4 Å². The number of nitrogens with zero attached hydrogens (tertiary/aromatic N) is 2. The van der Waals surface area contributed by atoms with E-state index in [4.69, 9.17) is 9.47 Å². The molecule has 2 N–H and O–H groups in total. The van der Waals surface area contributed by atoms with Gasteiger partial charge in [0, 0.05) is 19.8 Å². The minimum absolute atomic E-state index is 0.0651.